The van der Waals surface area contributed by atoms with Gasteiger partial charge in [-0.3, -0.25) is 9.59 Å². The lowest BCUT2D eigenvalue weighted by molar-refractivity contribution is -0.149. The number of carbonyl (C=O) groups excluding carboxylic acids is 2. The first-order chi connectivity index (χ1) is 17.9. The summed E-state index contributed by atoms with van der Waals surface area (Å²) >= 11 is 12.6. The molecule has 4 fully saturated rings. The Morgan fingerprint density at radius 2 is 1.79 bits per heavy atom. The van der Waals surface area contributed by atoms with Gasteiger partial charge in [0.1, 0.15) is 11.9 Å². The van der Waals surface area contributed by atoms with E-state index in [1.54, 1.807) is 18.2 Å². The van der Waals surface area contributed by atoms with E-state index in [2.05, 4.69) is 4.90 Å². The van der Waals surface area contributed by atoms with E-state index < -0.39 is 34.9 Å². The maximum absolute atomic E-state index is 14.9. The van der Waals surface area contributed by atoms with Crippen molar-refractivity contribution in [3.63, 3.8) is 0 Å². The second kappa shape index (κ2) is 9.99. The van der Waals surface area contributed by atoms with Crippen LogP contribution in [-0.2, 0) is 27.6 Å². The van der Waals surface area contributed by atoms with Gasteiger partial charge in [0.2, 0.25) is 11.8 Å². The molecule has 11 heteroatoms. The van der Waals surface area contributed by atoms with Crippen LogP contribution in [0.15, 0.2) is 36.4 Å². The van der Waals surface area contributed by atoms with Gasteiger partial charge < -0.3 is 15.5 Å². The van der Waals surface area contributed by atoms with Crippen LogP contribution in [0.25, 0.3) is 0 Å². The number of benzene rings is 2. The third-order valence-electron chi connectivity index (χ3n) is 8.28. The second-order valence-corrected chi connectivity index (χ2v) is 11.4. The normalized spacial score (nSPS) is 24.6. The topological polar surface area (TPSA) is 66.6 Å². The Bertz CT molecular complexity index is 1260. The summed E-state index contributed by atoms with van der Waals surface area (Å²) < 4.78 is 54.1. The molecule has 1 saturated carbocycles. The maximum atomic E-state index is 14.9. The molecule has 3 saturated heterocycles. The number of nitrogens with two attached hydrogens (primary N) is 1. The first-order valence-electron chi connectivity index (χ1n) is 12.6. The number of hydrogen-bond donors (Lipinski definition) is 1. The largest absolute Gasteiger partial charge is 0.416 e. The van der Waals surface area contributed by atoms with Gasteiger partial charge in [-0.15, -0.1) is 0 Å². The predicted octanol–water partition coefficient (Wildman–Crippen LogP) is 5.20. The summed E-state index contributed by atoms with van der Waals surface area (Å²) in [5, 5.41) is 0.755. The van der Waals surface area contributed by atoms with Crippen molar-refractivity contribution in [2.75, 3.05) is 19.6 Å². The molecule has 2 aromatic carbocycles. The van der Waals surface area contributed by atoms with Gasteiger partial charge in [0, 0.05) is 29.1 Å². The van der Waals surface area contributed by atoms with E-state index in [1.165, 1.54) is 4.90 Å². The monoisotopic (exact) mass is 571 g/mol. The van der Waals surface area contributed by atoms with Gasteiger partial charge in [0.15, 0.2) is 0 Å². The standard InChI is InChI=1S/C27H27Cl2F4N3O2/c28-18-3-4-19(20(29)13-18)26(7-8-26)25(38)36(23-14-35-9-5-15(23)6-10-35)22(24(34)37)11-16-1-2-17(12-21(16)30)27(31,32)33/h1-4,12-13,15,22-23H,5-11,14H2,(H2,34,37)/t22-,23+/m0/s1. The summed E-state index contributed by atoms with van der Waals surface area (Å²) in [5.74, 6) is -2.14. The van der Waals surface area contributed by atoms with E-state index in [4.69, 9.17) is 28.9 Å². The van der Waals surface area contributed by atoms with Crippen molar-refractivity contribution in [1.82, 2.24) is 9.80 Å². The molecule has 4 aliphatic rings. The van der Waals surface area contributed by atoms with Crippen molar-refractivity contribution in [2.24, 2.45) is 11.7 Å². The van der Waals surface area contributed by atoms with Crippen molar-refractivity contribution >= 4 is 35.0 Å². The molecule has 2 amide bonds. The first-order valence-corrected chi connectivity index (χ1v) is 13.3. The molecule has 5 nitrogen and oxygen atoms in total. The van der Waals surface area contributed by atoms with E-state index in [-0.39, 0.29) is 29.9 Å². The molecule has 0 radical (unpaired) electrons. The van der Waals surface area contributed by atoms with Crippen molar-refractivity contribution < 1.29 is 27.2 Å². The zero-order valence-corrected chi connectivity index (χ0v) is 21.9. The van der Waals surface area contributed by atoms with Crippen molar-refractivity contribution in [3.8, 4) is 0 Å². The highest BCUT2D eigenvalue weighted by Crippen LogP contribution is 2.53. The van der Waals surface area contributed by atoms with Gasteiger partial charge in [-0.2, -0.15) is 13.2 Å². The molecule has 2 N–H and O–H groups in total. The molecular formula is C27H27Cl2F4N3O2. The lowest BCUT2D eigenvalue weighted by Crippen LogP contribution is -2.65. The summed E-state index contributed by atoms with van der Waals surface area (Å²) in [6, 6.07) is 5.52. The van der Waals surface area contributed by atoms with Gasteiger partial charge in [0.05, 0.1) is 11.0 Å². The minimum atomic E-state index is -4.71. The number of piperidine rings is 3. The third kappa shape index (κ3) is 5.00. The molecule has 2 aromatic rings. The highest BCUT2D eigenvalue weighted by molar-refractivity contribution is 6.35. The van der Waals surface area contributed by atoms with Crippen LogP contribution in [-0.4, -0.2) is 53.3 Å². The lowest BCUT2D eigenvalue weighted by atomic mass is 9.80. The molecule has 2 atom stereocenters. The molecule has 38 heavy (non-hydrogen) atoms. The number of rotatable bonds is 7. The Morgan fingerprint density at radius 1 is 1.11 bits per heavy atom. The van der Waals surface area contributed by atoms with E-state index in [9.17, 15) is 27.2 Å². The van der Waals surface area contributed by atoms with Crippen LogP contribution in [0.4, 0.5) is 17.6 Å². The molecule has 204 valence electrons. The smallest absolute Gasteiger partial charge is 0.368 e. The third-order valence-corrected chi connectivity index (χ3v) is 8.83. The minimum absolute atomic E-state index is 0.116. The lowest BCUT2D eigenvalue weighted by Gasteiger charge is -2.51. The Morgan fingerprint density at radius 3 is 2.29 bits per heavy atom. The molecule has 2 bridgehead atoms. The van der Waals surface area contributed by atoms with Gasteiger partial charge in [-0.1, -0.05) is 35.3 Å². The van der Waals surface area contributed by atoms with Crippen molar-refractivity contribution in [2.45, 2.75) is 55.8 Å². The molecule has 1 aliphatic carbocycles. The van der Waals surface area contributed by atoms with Gasteiger partial charge in [-0.25, -0.2) is 4.39 Å². The number of amides is 2. The summed E-state index contributed by atoms with van der Waals surface area (Å²) in [6.45, 7) is 2.30. The molecule has 3 heterocycles. The van der Waals surface area contributed by atoms with E-state index in [0.717, 1.165) is 38.1 Å². The number of hydrogen-bond acceptors (Lipinski definition) is 3. The first kappa shape index (κ1) is 27.2. The number of halogens is 6. The molecule has 0 spiro atoms. The minimum Gasteiger partial charge on any atom is -0.368 e. The van der Waals surface area contributed by atoms with Gasteiger partial charge in [0.25, 0.3) is 0 Å². The number of fused-ring (bicyclic) bond motifs is 3. The fourth-order valence-corrected chi connectivity index (χ4v) is 6.64. The summed E-state index contributed by atoms with van der Waals surface area (Å²) in [7, 11) is 0. The summed E-state index contributed by atoms with van der Waals surface area (Å²) in [6.07, 6.45) is -2.36. The average Bonchev–Trinajstić information content (AvgIpc) is 3.66. The molecule has 0 aromatic heterocycles. The fourth-order valence-electron chi connectivity index (χ4n) is 6.05. The van der Waals surface area contributed by atoms with Crippen LogP contribution in [0.1, 0.15) is 42.4 Å². The van der Waals surface area contributed by atoms with Crippen LogP contribution in [0.5, 0.6) is 0 Å². The van der Waals surface area contributed by atoms with E-state index >= 15 is 0 Å². The second-order valence-electron chi connectivity index (χ2n) is 10.6. The number of nitrogens with zero attached hydrogens (tertiary/aromatic N) is 2. The van der Waals surface area contributed by atoms with Crippen molar-refractivity contribution in [3.05, 3.63) is 69.0 Å². The predicted molar refractivity (Wildman–Crippen MR) is 135 cm³/mol. The average molecular weight is 572 g/mol. The number of alkyl halides is 3. The molecule has 6 rings (SSSR count). The van der Waals surface area contributed by atoms with Crippen LogP contribution in [0.3, 0.4) is 0 Å². The Kier molecular flexibility index (Phi) is 7.16. The summed E-state index contributed by atoms with van der Waals surface area (Å²) in [4.78, 5) is 31.0. The van der Waals surface area contributed by atoms with Crippen LogP contribution < -0.4 is 5.73 Å². The highest BCUT2D eigenvalue weighted by Gasteiger charge is 2.57. The molecule has 3 aliphatic heterocycles. The van der Waals surface area contributed by atoms with Crippen molar-refractivity contribution in [1.29, 1.82) is 0 Å². The fraction of sp³-hybridized carbons (Fsp3) is 0.481. The number of primary amides is 1. The molecule has 0 unspecified atom stereocenters. The maximum Gasteiger partial charge on any atom is 0.416 e. The zero-order chi connectivity index (χ0) is 27.4. The summed E-state index contributed by atoms with van der Waals surface area (Å²) in [5.41, 5.74) is 4.22. The van der Waals surface area contributed by atoms with E-state index in [1.807, 2.05) is 0 Å². The van der Waals surface area contributed by atoms with Gasteiger partial charge >= 0.3 is 6.18 Å². The SMILES string of the molecule is NC(=O)[C@H](Cc1ccc(C(F)(F)F)cc1F)N(C(=O)C1(c2ccc(Cl)cc2Cl)CC1)[C@@H]1CN2CCC1CC2. The van der Waals surface area contributed by atoms with E-state index in [0.29, 0.717) is 41.1 Å². The number of carbonyl (C=O) groups is 2. The quantitative estimate of drug-likeness (QED) is 0.464. The highest BCUT2D eigenvalue weighted by atomic mass is 35.5. The van der Waals surface area contributed by atoms with Gasteiger partial charge in [-0.05, 0) is 80.1 Å². The Hall–Kier alpha value is -2.36. The zero-order valence-electron chi connectivity index (χ0n) is 20.4. The molecular weight excluding hydrogens is 545 g/mol. The van der Waals surface area contributed by atoms with Crippen LogP contribution in [0, 0.1) is 11.7 Å². The Balaban J connectivity index is 1.54. The van der Waals surface area contributed by atoms with Crippen LogP contribution in [0.2, 0.25) is 10.0 Å². The Labute approximate surface area is 227 Å². The van der Waals surface area contributed by atoms with Crippen LogP contribution >= 0.6 is 23.2 Å².